The van der Waals surface area contributed by atoms with E-state index in [0.29, 0.717) is 0 Å². The maximum Gasteiger partial charge on any atom is 0.147 e. The van der Waals surface area contributed by atoms with Crippen LogP contribution in [-0.4, -0.2) is 12.0 Å². The second-order valence-electron chi connectivity index (χ2n) is 3.44. The van der Waals surface area contributed by atoms with Crippen LogP contribution in [0.1, 0.15) is 29.8 Å². The molecule has 1 atom stereocenters. The van der Waals surface area contributed by atoms with Gasteiger partial charge in [0.15, 0.2) is 0 Å². The fraction of sp³-hybridized carbons (Fsp3) is 0.417. The van der Waals surface area contributed by atoms with Crippen LogP contribution in [0.3, 0.4) is 0 Å². The number of hydrogen-bond acceptors (Lipinski definition) is 2. The van der Waals surface area contributed by atoms with Gasteiger partial charge in [-0.1, -0.05) is 28.9 Å². The number of carbonyl (C=O) groups is 1. The molecule has 0 spiro atoms. The van der Waals surface area contributed by atoms with Crippen LogP contribution < -0.4 is 0 Å². The Balaban J connectivity index is 3.11. The highest BCUT2D eigenvalue weighted by molar-refractivity contribution is 9.09. The molecule has 0 saturated heterocycles. The minimum Gasteiger partial charge on any atom is -0.298 e. The van der Waals surface area contributed by atoms with Crippen molar-refractivity contribution in [1.82, 2.24) is 0 Å². The van der Waals surface area contributed by atoms with E-state index in [2.05, 4.69) is 47.3 Å². The Morgan fingerprint density at radius 1 is 1.47 bits per heavy atom. The van der Waals surface area contributed by atoms with Crippen molar-refractivity contribution in [1.29, 1.82) is 0 Å². The summed E-state index contributed by atoms with van der Waals surface area (Å²) >= 11 is 5.13. The van der Waals surface area contributed by atoms with E-state index >= 15 is 0 Å². The Morgan fingerprint density at radius 2 is 2.13 bits per heavy atom. The number of carbonyl (C=O) groups excluding carboxylic acids is 1. The summed E-state index contributed by atoms with van der Waals surface area (Å²) in [7, 11) is 0. The highest BCUT2D eigenvalue weighted by atomic mass is 79.9. The molecule has 1 nitrogen and oxygen atoms in total. The Kier molecular flexibility index (Phi) is 4.87. The number of rotatable bonds is 4. The number of ketones is 1. The van der Waals surface area contributed by atoms with Gasteiger partial charge in [-0.3, -0.25) is 4.79 Å². The average Bonchev–Trinajstić information content (AvgIpc) is 2.27. The molecule has 3 heteroatoms. The van der Waals surface area contributed by atoms with Gasteiger partial charge in [-0.05, 0) is 42.9 Å². The Bertz CT molecular complexity index is 340. The molecule has 0 aliphatic carbocycles. The number of aryl methyl sites for hydroxylation is 1. The van der Waals surface area contributed by atoms with Gasteiger partial charge in [-0.25, -0.2) is 0 Å². The van der Waals surface area contributed by atoms with Crippen molar-refractivity contribution in [3.8, 4) is 0 Å². The maximum atomic E-state index is 11.3. The van der Waals surface area contributed by atoms with E-state index in [-0.39, 0.29) is 10.6 Å². The van der Waals surface area contributed by atoms with E-state index in [0.717, 1.165) is 12.0 Å². The number of halogens is 1. The summed E-state index contributed by atoms with van der Waals surface area (Å²) in [5, 5.41) is 0. The summed E-state index contributed by atoms with van der Waals surface area (Å²) in [4.78, 5) is 12.3. The molecular weight excluding hydrogens is 272 g/mol. The fourth-order valence-electron chi connectivity index (χ4n) is 1.39. The molecule has 0 saturated carbocycles. The zero-order valence-corrected chi connectivity index (χ0v) is 11.6. The molecule has 0 fully saturated rings. The zero-order chi connectivity index (χ0) is 11.4. The molecule has 0 heterocycles. The molecule has 0 aromatic heterocycles. The molecule has 0 N–H and O–H groups in total. The number of hydrogen-bond donors (Lipinski definition) is 0. The van der Waals surface area contributed by atoms with E-state index in [4.69, 9.17) is 0 Å². The van der Waals surface area contributed by atoms with Crippen LogP contribution in [0.15, 0.2) is 23.1 Å². The van der Waals surface area contributed by atoms with Crippen molar-refractivity contribution < 1.29 is 4.79 Å². The lowest BCUT2D eigenvalue weighted by Crippen LogP contribution is -2.01. The van der Waals surface area contributed by atoms with Crippen LogP contribution in [0.5, 0.6) is 0 Å². The molecule has 0 aliphatic heterocycles. The van der Waals surface area contributed by atoms with E-state index in [1.165, 1.54) is 10.5 Å². The molecule has 15 heavy (non-hydrogen) atoms. The Labute approximate surface area is 104 Å². The smallest absolute Gasteiger partial charge is 0.147 e. The first-order valence-corrected chi connectivity index (χ1v) is 7.05. The molecule has 0 bridgehead atoms. The quantitative estimate of drug-likeness (QED) is 0.615. The van der Waals surface area contributed by atoms with Crippen LogP contribution >= 0.6 is 27.7 Å². The minimum atomic E-state index is -0.171. The predicted octanol–water partition coefficient (Wildman–Crippen LogP) is 4.00. The maximum absolute atomic E-state index is 11.3. The summed E-state index contributed by atoms with van der Waals surface area (Å²) in [5.74, 6) is 0.148. The largest absolute Gasteiger partial charge is 0.298 e. The average molecular weight is 287 g/mol. The van der Waals surface area contributed by atoms with Gasteiger partial charge >= 0.3 is 0 Å². The first-order valence-electron chi connectivity index (χ1n) is 4.90. The molecule has 1 rings (SSSR count). The van der Waals surface area contributed by atoms with Crippen molar-refractivity contribution in [2.45, 2.75) is 30.0 Å². The van der Waals surface area contributed by atoms with E-state index in [9.17, 15) is 4.79 Å². The lowest BCUT2D eigenvalue weighted by Gasteiger charge is -2.10. The third-order valence-corrected chi connectivity index (χ3v) is 4.16. The Morgan fingerprint density at radius 3 is 2.60 bits per heavy atom. The van der Waals surface area contributed by atoms with Gasteiger partial charge < -0.3 is 0 Å². The fourth-order valence-corrected chi connectivity index (χ4v) is 2.18. The third-order valence-electron chi connectivity index (χ3n) is 2.28. The van der Waals surface area contributed by atoms with Crippen molar-refractivity contribution in [3.63, 3.8) is 0 Å². The SMILES string of the molecule is CCc1cc(SC)cc(C(Br)C(C)=O)c1. The zero-order valence-electron chi connectivity index (χ0n) is 9.21. The first-order chi connectivity index (χ1) is 7.08. The normalized spacial score (nSPS) is 12.5. The van der Waals surface area contributed by atoms with Gasteiger partial charge in [0, 0.05) is 4.90 Å². The van der Waals surface area contributed by atoms with Crippen molar-refractivity contribution in [2.24, 2.45) is 0 Å². The van der Waals surface area contributed by atoms with Gasteiger partial charge in [0.05, 0.1) is 4.83 Å². The van der Waals surface area contributed by atoms with Crippen molar-refractivity contribution in [3.05, 3.63) is 29.3 Å². The minimum absolute atomic E-state index is 0.148. The summed E-state index contributed by atoms with van der Waals surface area (Å²) in [5.41, 5.74) is 2.34. The van der Waals surface area contributed by atoms with E-state index < -0.39 is 0 Å². The van der Waals surface area contributed by atoms with Crippen LogP contribution in [0.2, 0.25) is 0 Å². The summed E-state index contributed by atoms with van der Waals surface area (Å²) in [6.45, 7) is 3.73. The van der Waals surface area contributed by atoms with Crippen molar-refractivity contribution in [2.75, 3.05) is 6.26 Å². The molecule has 1 aromatic carbocycles. The third kappa shape index (κ3) is 3.35. The van der Waals surface area contributed by atoms with Gasteiger partial charge in [0.25, 0.3) is 0 Å². The molecule has 0 aliphatic rings. The standard InChI is InChI=1S/C12H15BrOS/c1-4-9-5-10(12(13)8(2)14)7-11(6-9)15-3/h5-7,12H,4H2,1-3H3. The molecule has 0 radical (unpaired) electrons. The first kappa shape index (κ1) is 12.8. The van der Waals surface area contributed by atoms with E-state index in [1.54, 1.807) is 18.7 Å². The van der Waals surface area contributed by atoms with E-state index in [1.807, 2.05) is 0 Å². The number of Topliss-reactive ketones (excluding diaryl/α,β-unsaturated/α-hetero) is 1. The molecule has 1 aromatic rings. The van der Waals surface area contributed by atoms with Crippen molar-refractivity contribution >= 4 is 33.5 Å². The van der Waals surface area contributed by atoms with Crippen LogP contribution in [0.25, 0.3) is 0 Å². The highest BCUT2D eigenvalue weighted by Gasteiger charge is 2.13. The second-order valence-corrected chi connectivity index (χ2v) is 5.24. The monoisotopic (exact) mass is 286 g/mol. The van der Waals surface area contributed by atoms with Gasteiger partial charge in [0.2, 0.25) is 0 Å². The number of thioether (sulfide) groups is 1. The topological polar surface area (TPSA) is 17.1 Å². The lowest BCUT2D eigenvalue weighted by atomic mass is 10.0. The predicted molar refractivity (Wildman–Crippen MR) is 70.0 cm³/mol. The molecule has 82 valence electrons. The van der Waals surface area contributed by atoms with Crippen LogP contribution in [0, 0.1) is 0 Å². The number of benzene rings is 1. The van der Waals surface area contributed by atoms with Gasteiger partial charge in [-0.15, -0.1) is 11.8 Å². The number of alkyl halides is 1. The Hall–Kier alpha value is -0.280. The summed E-state index contributed by atoms with van der Waals surface area (Å²) in [6, 6.07) is 6.35. The van der Waals surface area contributed by atoms with Crippen LogP contribution in [-0.2, 0) is 11.2 Å². The van der Waals surface area contributed by atoms with Gasteiger partial charge in [-0.2, -0.15) is 0 Å². The molecular formula is C12H15BrOS. The molecule has 0 amide bonds. The summed E-state index contributed by atoms with van der Waals surface area (Å²) in [6.07, 6.45) is 3.05. The summed E-state index contributed by atoms with van der Waals surface area (Å²) < 4.78 is 0. The highest BCUT2D eigenvalue weighted by Crippen LogP contribution is 2.28. The lowest BCUT2D eigenvalue weighted by molar-refractivity contribution is -0.116. The van der Waals surface area contributed by atoms with Gasteiger partial charge in [0.1, 0.15) is 5.78 Å². The molecule has 1 unspecified atom stereocenters. The van der Waals surface area contributed by atoms with Crippen LogP contribution in [0.4, 0.5) is 0 Å². The second kappa shape index (κ2) is 5.71.